The van der Waals surface area contributed by atoms with Gasteiger partial charge in [0.1, 0.15) is 12.6 Å². The molecule has 5 N–H and O–H groups in total. The van der Waals surface area contributed by atoms with Gasteiger partial charge in [-0.15, -0.1) is 0 Å². The van der Waals surface area contributed by atoms with Crippen molar-refractivity contribution < 1.29 is 52.6 Å². The Labute approximate surface area is 330 Å². The summed E-state index contributed by atoms with van der Waals surface area (Å²) in [6.07, 6.45) is 37.6. The number of esters is 2. The lowest BCUT2D eigenvalue weighted by Crippen LogP contribution is -2.34. The average molecular weight is 798 g/mol. The molecule has 0 saturated carbocycles. The van der Waals surface area contributed by atoms with E-state index in [1.54, 1.807) is 6.08 Å². The lowest BCUT2D eigenvalue weighted by molar-refractivity contribution is -0.161. The van der Waals surface area contributed by atoms with E-state index in [2.05, 4.69) is 48.8 Å². The summed E-state index contributed by atoms with van der Waals surface area (Å²) in [5, 5.41) is 18.7. The minimum absolute atomic E-state index is 0.109. The smallest absolute Gasteiger partial charge is 0.472 e. The molecule has 0 aliphatic heterocycles. The molecule has 12 nitrogen and oxygen atoms in total. The molecule has 4 atom stereocenters. The van der Waals surface area contributed by atoms with Crippen molar-refractivity contribution in [1.82, 2.24) is 0 Å². The van der Waals surface area contributed by atoms with E-state index in [4.69, 9.17) is 24.8 Å². The van der Waals surface area contributed by atoms with E-state index in [9.17, 15) is 28.9 Å². The Hall–Kier alpha value is -2.86. The third kappa shape index (κ3) is 36.5. The normalized spacial score (nSPS) is 15.0. The van der Waals surface area contributed by atoms with Crippen LogP contribution in [0.5, 0.6) is 0 Å². The highest BCUT2D eigenvalue weighted by Crippen LogP contribution is 2.43. The van der Waals surface area contributed by atoms with Crippen molar-refractivity contribution in [3.8, 4) is 0 Å². The van der Waals surface area contributed by atoms with Gasteiger partial charge in [0, 0.05) is 12.8 Å². The number of aliphatic carboxylic acids is 1. The van der Waals surface area contributed by atoms with Crippen LogP contribution < -0.4 is 5.73 Å². The molecule has 0 amide bonds. The Bertz CT molecular complexity index is 1180. The van der Waals surface area contributed by atoms with Gasteiger partial charge >= 0.3 is 25.7 Å². The first-order valence-electron chi connectivity index (χ1n) is 20.4. The molecular weight excluding hydrogens is 725 g/mol. The van der Waals surface area contributed by atoms with Crippen molar-refractivity contribution in [3.63, 3.8) is 0 Å². The maximum Gasteiger partial charge on any atom is 0.472 e. The number of rotatable bonds is 37. The Balaban J connectivity index is 4.51. The minimum atomic E-state index is -4.74. The van der Waals surface area contributed by atoms with E-state index in [0.717, 1.165) is 83.5 Å². The molecule has 0 rings (SSSR count). The first-order valence-corrected chi connectivity index (χ1v) is 21.9. The van der Waals surface area contributed by atoms with Gasteiger partial charge in [0.15, 0.2) is 6.10 Å². The zero-order chi connectivity index (χ0) is 40.8. The van der Waals surface area contributed by atoms with Crippen LogP contribution in [0.1, 0.15) is 149 Å². The van der Waals surface area contributed by atoms with Gasteiger partial charge in [-0.1, -0.05) is 126 Å². The number of allylic oxidation sites excluding steroid dienone is 8. The second-order valence-electron chi connectivity index (χ2n) is 13.6. The third-order valence-corrected chi connectivity index (χ3v) is 9.28. The number of hydrogen-bond donors (Lipinski definition) is 4. The average Bonchev–Trinajstić information content (AvgIpc) is 3.15. The van der Waals surface area contributed by atoms with Crippen LogP contribution in [0.15, 0.2) is 60.8 Å². The van der Waals surface area contributed by atoms with Gasteiger partial charge in [0.2, 0.25) is 0 Å². The van der Waals surface area contributed by atoms with Crippen LogP contribution in [0.25, 0.3) is 0 Å². The molecule has 0 heterocycles. The molecule has 0 aliphatic carbocycles. The second-order valence-corrected chi connectivity index (χ2v) is 15.0. The number of nitrogens with two attached hydrogens (primary N) is 1. The summed E-state index contributed by atoms with van der Waals surface area (Å²) in [6, 6.07) is -1.54. The van der Waals surface area contributed by atoms with Gasteiger partial charge in [0.25, 0.3) is 0 Å². The van der Waals surface area contributed by atoms with Gasteiger partial charge in [-0.3, -0.25) is 23.4 Å². The number of carbonyl (C=O) groups excluding carboxylic acids is 2. The molecule has 0 fully saturated rings. The number of aliphatic hydroxyl groups excluding tert-OH is 1. The van der Waals surface area contributed by atoms with Crippen molar-refractivity contribution in [2.45, 2.75) is 167 Å². The SMILES string of the molecule is CC/C=C/CC(O)/C=C/C=C/CCCCCCCC(=O)O[C@H](COC(=O)CCCCCCC/C=C\C/C=C\CCCCC)COP(=O)(O)OC[C@H](N)C(=O)O. The standard InChI is InChI=1S/C42H72NO11P/c1-3-5-7-8-9-10-11-12-13-14-15-18-21-24-28-32-40(45)51-34-38(35-52-55(49,50)53-36-39(43)42(47)48)54-41(46)33-29-25-22-19-16-17-20-23-27-31-37(44)30-26-6-4-2/h6,9-10,12-13,20,23,26-27,31,37-39,44H,3-5,7-8,11,14-19,21-22,24-25,28-30,32-36,43H2,1-2H3,(H,47,48)(H,49,50)/b10-9-,13-12-,23-20+,26-6+,31-27+/t37?,38-,39+/m1/s1. The fraction of sp³-hybridized carbons (Fsp3) is 0.690. The zero-order valence-electron chi connectivity index (χ0n) is 33.6. The van der Waals surface area contributed by atoms with E-state index in [1.165, 1.54) is 19.3 Å². The first kappa shape index (κ1) is 52.1. The van der Waals surface area contributed by atoms with Gasteiger partial charge in [0.05, 0.1) is 19.3 Å². The largest absolute Gasteiger partial charge is 0.480 e. The molecule has 0 bridgehead atoms. The van der Waals surface area contributed by atoms with Crippen molar-refractivity contribution >= 4 is 25.7 Å². The molecule has 55 heavy (non-hydrogen) atoms. The Kier molecular flexibility index (Phi) is 34.8. The van der Waals surface area contributed by atoms with Crippen molar-refractivity contribution in [2.24, 2.45) is 5.73 Å². The Morgan fingerprint density at radius 1 is 0.673 bits per heavy atom. The van der Waals surface area contributed by atoms with Gasteiger partial charge < -0.3 is 30.3 Å². The molecule has 0 radical (unpaired) electrons. The van der Waals surface area contributed by atoms with Gasteiger partial charge in [-0.25, -0.2) is 4.57 Å². The van der Waals surface area contributed by atoms with Crippen LogP contribution in [0.4, 0.5) is 0 Å². The number of carboxylic acid groups (broad SMARTS) is 1. The van der Waals surface area contributed by atoms with E-state index in [0.29, 0.717) is 19.3 Å². The number of ether oxygens (including phenoxy) is 2. The van der Waals surface area contributed by atoms with E-state index in [-0.39, 0.29) is 19.4 Å². The molecule has 316 valence electrons. The highest BCUT2D eigenvalue weighted by Gasteiger charge is 2.28. The zero-order valence-corrected chi connectivity index (χ0v) is 34.5. The minimum Gasteiger partial charge on any atom is -0.480 e. The molecule has 2 unspecified atom stereocenters. The fourth-order valence-electron chi connectivity index (χ4n) is 5.07. The van der Waals surface area contributed by atoms with Crippen molar-refractivity contribution in [1.29, 1.82) is 0 Å². The third-order valence-electron chi connectivity index (χ3n) is 8.33. The van der Waals surface area contributed by atoms with Crippen LogP contribution in [0.2, 0.25) is 0 Å². The number of hydrogen-bond acceptors (Lipinski definition) is 10. The summed E-state index contributed by atoms with van der Waals surface area (Å²) < 4.78 is 32.6. The Morgan fingerprint density at radius 3 is 1.85 bits per heavy atom. The molecule has 0 spiro atoms. The number of carbonyl (C=O) groups is 3. The number of aliphatic hydroxyl groups is 1. The van der Waals surface area contributed by atoms with Crippen molar-refractivity contribution in [2.75, 3.05) is 19.8 Å². The van der Waals surface area contributed by atoms with E-state index < -0.39 is 57.2 Å². The molecule has 0 aromatic rings. The first-order chi connectivity index (χ1) is 26.5. The predicted octanol–water partition coefficient (Wildman–Crippen LogP) is 9.36. The van der Waals surface area contributed by atoms with Gasteiger partial charge in [-0.05, 0) is 70.6 Å². The monoisotopic (exact) mass is 797 g/mol. The molecule has 0 aliphatic rings. The predicted molar refractivity (Wildman–Crippen MR) is 218 cm³/mol. The Morgan fingerprint density at radius 2 is 1.24 bits per heavy atom. The molecule has 13 heteroatoms. The highest BCUT2D eigenvalue weighted by atomic mass is 31.2. The summed E-state index contributed by atoms with van der Waals surface area (Å²) in [6.45, 7) is 2.50. The quantitative estimate of drug-likeness (QED) is 0.0153. The van der Waals surface area contributed by atoms with Crippen LogP contribution >= 0.6 is 7.82 Å². The number of unbranched alkanes of at least 4 members (excludes halogenated alkanes) is 13. The topological polar surface area (TPSA) is 192 Å². The number of phosphoric ester groups is 1. The molecule has 0 aromatic carbocycles. The maximum atomic E-state index is 12.6. The summed E-state index contributed by atoms with van der Waals surface area (Å²) >= 11 is 0. The summed E-state index contributed by atoms with van der Waals surface area (Å²) in [7, 11) is -4.74. The molecule has 0 saturated heterocycles. The second kappa shape index (κ2) is 36.8. The van der Waals surface area contributed by atoms with Crippen LogP contribution in [-0.2, 0) is 37.5 Å². The lowest BCUT2D eigenvalue weighted by Gasteiger charge is -2.20. The van der Waals surface area contributed by atoms with Crippen molar-refractivity contribution in [3.05, 3.63) is 60.8 Å². The lowest BCUT2D eigenvalue weighted by atomic mass is 10.1. The molecule has 0 aromatic heterocycles. The van der Waals surface area contributed by atoms with Crippen LogP contribution in [-0.4, -0.2) is 71.1 Å². The van der Waals surface area contributed by atoms with Crippen LogP contribution in [0, 0.1) is 0 Å². The van der Waals surface area contributed by atoms with E-state index >= 15 is 0 Å². The summed E-state index contributed by atoms with van der Waals surface area (Å²) in [4.78, 5) is 45.9. The fourth-order valence-corrected chi connectivity index (χ4v) is 5.85. The summed E-state index contributed by atoms with van der Waals surface area (Å²) in [5.41, 5.74) is 5.32. The van der Waals surface area contributed by atoms with E-state index in [1.807, 2.05) is 24.3 Å². The van der Waals surface area contributed by atoms with Crippen LogP contribution in [0.3, 0.4) is 0 Å². The number of phosphoric acid groups is 1. The highest BCUT2D eigenvalue weighted by molar-refractivity contribution is 7.47. The molecular formula is C42H72NO11P. The maximum absolute atomic E-state index is 12.6. The van der Waals surface area contributed by atoms with Gasteiger partial charge in [-0.2, -0.15) is 0 Å². The number of carboxylic acids is 1. The summed E-state index contributed by atoms with van der Waals surface area (Å²) in [5.74, 6) is -2.47.